The molecule has 3 rings (SSSR count). The molecule has 1 aromatic carbocycles. The van der Waals surface area contributed by atoms with Gasteiger partial charge in [-0.2, -0.15) is 0 Å². The molecule has 1 fully saturated rings. The van der Waals surface area contributed by atoms with Gasteiger partial charge < -0.3 is 10.4 Å². The molecule has 1 aliphatic carbocycles. The van der Waals surface area contributed by atoms with Crippen LogP contribution in [0.25, 0.3) is 0 Å². The summed E-state index contributed by atoms with van der Waals surface area (Å²) in [5, 5.41) is 11.8. The van der Waals surface area contributed by atoms with E-state index in [9.17, 15) is 9.59 Å². The van der Waals surface area contributed by atoms with Crippen LogP contribution in [-0.2, 0) is 0 Å². The predicted molar refractivity (Wildman–Crippen MR) is 83.0 cm³/mol. The number of carbonyl (C=O) groups is 2. The first kappa shape index (κ1) is 15.1. The van der Waals surface area contributed by atoms with Crippen molar-refractivity contribution < 1.29 is 14.7 Å². The van der Waals surface area contributed by atoms with Gasteiger partial charge in [-0.1, -0.05) is 36.8 Å². The van der Waals surface area contributed by atoms with Crippen molar-refractivity contribution in [2.75, 3.05) is 0 Å². The van der Waals surface area contributed by atoms with E-state index in [0.29, 0.717) is 5.92 Å². The second kappa shape index (κ2) is 6.56. The average Bonchev–Trinajstić information content (AvgIpc) is 2.53. The van der Waals surface area contributed by atoms with Crippen LogP contribution in [0.1, 0.15) is 51.8 Å². The summed E-state index contributed by atoms with van der Waals surface area (Å²) in [5.74, 6) is -1.08. The van der Waals surface area contributed by atoms with Crippen LogP contribution < -0.4 is 5.32 Å². The third-order valence-corrected chi connectivity index (χ3v) is 4.17. The minimum atomic E-state index is -1.17. The topological polar surface area (TPSA) is 92.2 Å². The monoisotopic (exact) mass is 311 g/mol. The van der Waals surface area contributed by atoms with Crippen molar-refractivity contribution >= 4 is 11.9 Å². The summed E-state index contributed by atoms with van der Waals surface area (Å²) in [7, 11) is 0. The number of amides is 1. The molecule has 0 radical (unpaired) electrons. The molecule has 1 aliphatic rings. The van der Waals surface area contributed by atoms with Crippen molar-refractivity contribution in [1.82, 2.24) is 15.3 Å². The Morgan fingerprint density at radius 3 is 2.26 bits per heavy atom. The van der Waals surface area contributed by atoms with Gasteiger partial charge in [-0.3, -0.25) is 4.79 Å². The number of rotatable bonds is 5. The maximum absolute atomic E-state index is 12.4. The molecule has 1 heterocycles. The van der Waals surface area contributed by atoms with Crippen molar-refractivity contribution in [3.8, 4) is 0 Å². The van der Waals surface area contributed by atoms with E-state index in [4.69, 9.17) is 5.11 Å². The molecule has 1 amide bonds. The molecule has 2 N–H and O–H groups in total. The minimum Gasteiger partial charge on any atom is -0.476 e. The average molecular weight is 311 g/mol. The SMILES string of the molecule is O=C(O)c1cnc(C(=O)NC(c2ccccc2)C2CCC2)cn1. The number of aromatic carboxylic acids is 1. The fourth-order valence-electron chi connectivity index (χ4n) is 2.68. The van der Waals surface area contributed by atoms with Crippen molar-refractivity contribution in [2.24, 2.45) is 5.92 Å². The Labute approximate surface area is 133 Å². The largest absolute Gasteiger partial charge is 0.476 e. The van der Waals surface area contributed by atoms with Gasteiger partial charge in [-0.25, -0.2) is 14.8 Å². The van der Waals surface area contributed by atoms with Crippen molar-refractivity contribution in [3.05, 3.63) is 59.7 Å². The fourth-order valence-corrected chi connectivity index (χ4v) is 2.68. The van der Waals surface area contributed by atoms with Gasteiger partial charge in [0.1, 0.15) is 5.69 Å². The molecular formula is C17H17N3O3. The Bertz CT molecular complexity index is 697. The Hall–Kier alpha value is -2.76. The van der Waals surface area contributed by atoms with Crippen LogP contribution in [0.15, 0.2) is 42.7 Å². The molecule has 1 atom stereocenters. The predicted octanol–water partition coefficient (Wildman–Crippen LogP) is 2.45. The summed E-state index contributed by atoms with van der Waals surface area (Å²) in [6.07, 6.45) is 5.64. The summed E-state index contributed by atoms with van der Waals surface area (Å²) < 4.78 is 0. The quantitative estimate of drug-likeness (QED) is 0.885. The van der Waals surface area contributed by atoms with Gasteiger partial charge in [-0.15, -0.1) is 0 Å². The molecule has 1 unspecified atom stereocenters. The number of aromatic nitrogens is 2. The smallest absolute Gasteiger partial charge is 0.356 e. The fraction of sp³-hybridized carbons (Fsp3) is 0.294. The highest BCUT2D eigenvalue weighted by Crippen LogP contribution is 2.37. The van der Waals surface area contributed by atoms with Gasteiger partial charge in [0.25, 0.3) is 5.91 Å². The van der Waals surface area contributed by atoms with E-state index in [0.717, 1.165) is 24.6 Å². The van der Waals surface area contributed by atoms with Crippen LogP contribution in [0.5, 0.6) is 0 Å². The number of carboxylic acids is 1. The third kappa shape index (κ3) is 3.36. The van der Waals surface area contributed by atoms with Crippen LogP contribution in [0.2, 0.25) is 0 Å². The summed E-state index contributed by atoms with van der Waals surface area (Å²) in [4.78, 5) is 30.8. The lowest BCUT2D eigenvalue weighted by Gasteiger charge is -2.34. The van der Waals surface area contributed by atoms with E-state index in [1.807, 2.05) is 30.3 Å². The first-order chi connectivity index (χ1) is 11.1. The lowest BCUT2D eigenvalue weighted by Crippen LogP contribution is -2.36. The molecule has 1 saturated carbocycles. The van der Waals surface area contributed by atoms with Crippen LogP contribution in [0, 0.1) is 5.92 Å². The van der Waals surface area contributed by atoms with E-state index in [1.165, 1.54) is 12.6 Å². The Kier molecular flexibility index (Phi) is 4.32. The zero-order valence-corrected chi connectivity index (χ0v) is 12.5. The number of nitrogens with one attached hydrogen (secondary N) is 1. The highest BCUT2D eigenvalue weighted by molar-refractivity contribution is 5.93. The molecule has 0 saturated heterocycles. The summed E-state index contributed by atoms with van der Waals surface area (Å²) in [6, 6.07) is 9.80. The Morgan fingerprint density at radius 1 is 1.09 bits per heavy atom. The number of nitrogens with zero attached hydrogens (tertiary/aromatic N) is 2. The van der Waals surface area contributed by atoms with Gasteiger partial charge in [0, 0.05) is 0 Å². The highest BCUT2D eigenvalue weighted by Gasteiger charge is 2.30. The molecule has 0 aliphatic heterocycles. The van der Waals surface area contributed by atoms with Crippen LogP contribution in [0.4, 0.5) is 0 Å². The molecule has 0 spiro atoms. The number of hydrogen-bond donors (Lipinski definition) is 2. The molecule has 0 bridgehead atoms. The van der Waals surface area contributed by atoms with Crippen molar-refractivity contribution in [3.63, 3.8) is 0 Å². The number of benzene rings is 1. The molecule has 118 valence electrons. The first-order valence-electron chi connectivity index (χ1n) is 7.56. The lowest BCUT2D eigenvalue weighted by molar-refractivity contribution is 0.0688. The lowest BCUT2D eigenvalue weighted by atomic mass is 9.77. The second-order valence-corrected chi connectivity index (χ2v) is 5.64. The van der Waals surface area contributed by atoms with Gasteiger partial charge in [0.05, 0.1) is 18.4 Å². The van der Waals surface area contributed by atoms with E-state index in [2.05, 4.69) is 15.3 Å². The van der Waals surface area contributed by atoms with Gasteiger partial charge in [0.2, 0.25) is 0 Å². The maximum Gasteiger partial charge on any atom is 0.356 e. The van der Waals surface area contributed by atoms with E-state index in [-0.39, 0.29) is 23.3 Å². The van der Waals surface area contributed by atoms with Crippen molar-refractivity contribution in [1.29, 1.82) is 0 Å². The first-order valence-corrected chi connectivity index (χ1v) is 7.56. The van der Waals surface area contributed by atoms with Crippen LogP contribution in [0.3, 0.4) is 0 Å². The van der Waals surface area contributed by atoms with Crippen molar-refractivity contribution in [2.45, 2.75) is 25.3 Å². The zero-order chi connectivity index (χ0) is 16.2. The molecule has 6 heteroatoms. The molecule has 2 aromatic rings. The maximum atomic E-state index is 12.4. The van der Waals surface area contributed by atoms with E-state index < -0.39 is 5.97 Å². The summed E-state index contributed by atoms with van der Waals surface area (Å²) in [6.45, 7) is 0. The van der Waals surface area contributed by atoms with Crippen LogP contribution >= 0.6 is 0 Å². The number of hydrogen-bond acceptors (Lipinski definition) is 4. The third-order valence-electron chi connectivity index (χ3n) is 4.17. The molecule has 6 nitrogen and oxygen atoms in total. The van der Waals surface area contributed by atoms with Gasteiger partial charge >= 0.3 is 5.97 Å². The van der Waals surface area contributed by atoms with Crippen LogP contribution in [-0.4, -0.2) is 27.0 Å². The Morgan fingerprint density at radius 2 is 1.74 bits per heavy atom. The van der Waals surface area contributed by atoms with Gasteiger partial charge in [-0.05, 0) is 24.3 Å². The Balaban J connectivity index is 1.76. The van der Waals surface area contributed by atoms with Gasteiger partial charge in [0.15, 0.2) is 5.69 Å². The number of carboxylic acid groups (broad SMARTS) is 1. The van der Waals surface area contributed by atoms with E-state index >= 15 is 0 Å². The standard InChI is InChI=1S/C17H17N3O3/c21-16(13-9-19-14(10-18-13)17(22)23)20-15(12-7-4-8-12)11-5-2-1-3-6-11/h1-3,5-6,9-10,12,15H,4,7-8H2,(H,20,21)(H,22,23). The minimum absolute atomic E-state index is 0.0570. The normalized spacial score (nSPS) is 15.5. The molecule has 23 heavy (non-hydrogen) atoms. The molecular weight excluding hydrogens is 294 g/mol. The number of carbonyl (C=O) groups excluding carboxylic acids is 1. The van der Waals surface area contributed by atoms with E-state index in [1.54, 1.807) is 0 Å². The second-order valence-electron chi connectivity index (χ2n) is 5.64. The summed E-state index contributed by atoms with van der Waals surface area (Å²) in [5.41, 5.74) is 1.01. The molecule has 1 aromatic heterocycles. The zero-order valence-electron chi connectivity index (χ0n) is 12.5. The highest BCUT2D eigenvalue weighted by atomic mass is 16.4. The summed E-state index contributed by atoms with van der Waals surface area (Å²) >= 11 is 0.